The van der Waals surface area contributed by atoms with E-state index in [1.54, 1.807) is 12.2 Å². The van der Waals surface area contributed by atoms with Gasteiger partial charge in [-0.05, 0) is 53.5 Å². The second kappa shape index (κ2) is 12.1. The lowest BCUT2D eigenvalue weighted by molar-refractivity contribution is -0.114. The Morgan fingerprint density at radius 1 is 0.818 bits per heavy atom. The molecular weight excluding hydrogens is 574 g/mol. The van der Waals surface area contributed by atoms with Crippen molar-refractivity contribution >= 4 is 33.0 Å². The molecule has 8 nitrogen and oxygen atoms in total. The van der Waals surface area contributed by atoms with E-state index in [0.29, 0.717) is 28.6 Å². The first-order valence-corrected chi connectivity index (χ1v) is 15.5. The van der Waals surface area contributed by atoms with Crippen LogP contribution in [0.4, 0.5) is 11.4 Å². The standard InChI is InChI=1S/C35H27N3O5S/c1-36-34-33(26-14-7-3-8-15-26)29(38(35(34)39)28-16-9-4-10-17-28)19-21-32-37(22-11-23-44(40,41)42)30-24-27(18-20-31(30)43-32)25-12-5-2-6-13-25/h2-10,12-21,24H,11,22-23H2,(H,40,41,42)/b29-19?,32-21-. The van der Waals surface area contributed by atoms with Crippen LogP contribution in [0, 0.1) is 6.57 Å². The summed E-state index contributed by atoms with van der Waals surface area (Å²) in [5.74, 6) is 0.168. The summed E-state index contributed by atoms with van der Waals surface area (Å²) >= 11 is 0. The Balaban J connectivity index is 1.46. The van der Waals surface area contributed by atoms with Crippen molar-refractivity contribution in [1.29, 1.82) is 0 Å². The number of carbonyl (C=O) groups is 1. The van der Waals surface area contributed by atoms with E-state index in [2.05, 4.69) is 4.85 Å². The molecule has 0 fully saturated rings. The van der Waals surface area contributed by atoms with Crippen molar-refractivity contribution in [3.8, 4) is 16.9 Å². The number of carbonyl (C=O) groups excluding carboxylic acids is 1. The van der Waals surface area contributed by atoms with E-state index in [0.717, 1.165) is 22.4 Å². The number of hydrogen-bond donors (Lipinski definition) is 1. The lowest BCUT2D eigenvalue weighted by Crippen LogP contribution is -2.25. The number of anilines is 2. The third-order valence-electron chi connectivity index (χ3n) is 7.33. The van der Waals surface area contributed by atoms with E-state index >= 15 is 0 Å². The number of ether oxygens (including phenoxy) is 1. The quantitative estimate of drug-likeness (QED) is 0.174. The fourth-order valence-electron chi connectivity index (χ4n) is 5.36. The molecule has 2 aliphatic heterocycles. The molecule has 218 valence electrons. The average molecular weight is 602 g/mol. The number of nitrogens with zero attached hydrogens (tertiary/aromatic N) is 3. The molecule has 6 rings (SSSR count). The number of para-hydroxylation sites is 1. The van der Waals surface area contributed by atoms with Gasteiger partial charge in [0.05, 0.1) is 18.0 Å². The van der Waals surface area contributed by atoms with Crippen molar-refractivity contribution in [3.63, 3.8) is 0 Å². The van der Waals surface area contributed by atoms with Gasteiger partial charge in [-0.1, -0.05) is 84.9 Å². The van der Waals surface area contributed by atoms with Crippen LogP contribution in [0.2, 0.25) is 0 Å². The molecule has 2 aliphatic rings. The fraction of sp³-hybridized carbons (Fsp3) is 0.0857. The topological polar surface area (TPSA) is 91.5 Å². The van der Waals surface area contributed by atoms with Crippen molar-refractivity contribution in [3.05, 3.63) is 156 Å². The fourth-order valence-corrected chi connectivity index (χ4v) is 5.85. The van der Waals surface area contributed by atoms with E-state index in [4.69, 9.17) is 11.3 Å². The van der Waals surface area contributed by atoms with Gasteiger partial charge in [-0.25, -0.2) is 4.85 Å². The van der Waals surface area contributed by atoms with Crippen molar-refractivity contribution < 1.29 is 22.5 Å². The highest BCUT2D eigenvalue weighted by Crippen LogP contribution is 2.43. The highest BCUT2D eigenvalue weighted by molar-refractivity contribution is 7.85. The van der Waals surface area contributed by atoms with Gasteiger partial charge in [0.2, 0.25) is 5.88 Å². The van der Waals surface area contributed by atoms with Crippen LogP contribution in [0.25, 0.3) is 21.5 Å². The third kappa shape index (κ3) is 5.77. The lowest BCUT2D eigenvalue weighted by atomic mass is 10.0. The molecule has 0 atom stereocenters. The molecule has 0 aliphatic carbocycles. The zero-order valence-electron chi connectivity index (χ0n) is 23.5. The number of allylic oxidation sites excluding steroid dienone is 3. The maximum Gasteiger partial charge on any atom is 0.264 e. The van der Waals surface area contributed by atoms with Gasteiger partial charge in [0.25, 0.3) is 21.7 Å². The zero-order chi connectivity index (χ0) is 30.7. The van der Waals surface area contributed by atoms with Gasteiger partial charge in [-0.15, -0.1) is 0 Å². The number of fused-ring (bicyclic) bond motifs is 1. The van der Waals surface area contributed by atoms with Gasteiger partial charge in [0.15, 0.2) is 5.75 Å². The average Bonchev–Trinajstić information content (AvgIpc) is 3.53. The molecule has 9 heteroatoms. The van der Waals surface area contributed by atoms with E-state index < -0.39 is 21.8 Å². The van der Waals surface area contributed by atoms with Gasteiger partial charge in [-0.2, -0.15) is 8.42 Å². The zero-order valence-corrected chi connectivity index (χ0v) is 24.3. The summed E-state index contributed by atoms with van der Waals surface area (Å²) in [4.78, 5) is 20.7. The molecule has 4 aromatic rings. The number of benzene rings is 4. The number of amides is 1. The molecule has 4 aromatic carbocycles. The third-order valence-corrected chi connectivity index (χ3v) is 8.14. The van der Waals surface area contributed by atoms with Crippen molar-refractivity contribution in [2.45, 2.75) is 6.42 Å². The van der Waals surface area contributed by atoms with E-state index in [1.807, 2.05) is 114 Å². The molecule has 0 bridgehead atoms. The summed E-state index contributed by atoms with van der Waals surface area (Å²) in [5, 5.41) is 0. The molecule has 0 spiro atoms. The van der Waals surface area contributed by atoms with Crippen molar-refractivity contribution in [2.24, 2.45) is 0 Å². The maximum atomic E-state index is 13.6. The van der Waals surface area contributed by atoms with Crippen LogP contribution in [0.3, 0.4) is 0 Å². The Kier molecular flexibility index (Phi) is 7.85. The van der Waals surface area contributed by atoms with Crippen LogP contribution in [-0.4, -0.2) is 31.2 Å². The van der Waals surface area contributed by atoms with Gasteiger partial charge < -0.3 is 9.64 Å². The predicted octanol–water partition coefficient (Wildman–Crippen LogP) is 6.93. The van der Waals surface area contributed by atoms with E-state index in [-0.39, 0.29) is 18.7 Å². The summed E-state index contributed by atoms with van der Waals surface area (Å²) in [7, 11) is -4.16. The van der Waals surface area contributed by atoms with Crippen molar-refractivity contribution in [1.82, 2.24) is 0 Å². The monoisotopic (exact) mass is 601 g/mol. The minimum absolute atomic E-state index is 0.0119. The largest absolute Gasteiger partial charge is 0.439 e. The number of rotatable bonds is 8. The first kappa shape index (κ1) is 28.7. The molecule has 0 unspecified atom stereocenters. The molecule has 0 radical (unpaired) electrons. The Labute approximate surface area is 256 Å². The second-order valence-corrected chi connectivity index (χ2v) is 11.7. The molecular formula is C35H27N3O5S. The van der Waals surface area contributed by atoms with Crippen LogP contribution in [0.15, 0.2) is 139 Å². The number of hydrogen-bond acceptors (Lipinski definition) is 5. The van der Waals surface area contributed by atoms with Gasteiger partial charge >= 0.3 is 0 Å². The highest BCUT2D eigenvalue weighted by Gasteiger charge is 2.37. The lowest BCUT2D eigenvalue weighted by Gasteiger charge is -2.21. The first-order chi connectivity index (χ1) is 21.3. The van der Waals surface area contributed by atoms with Crippen LogP contribution >= 0.6 is 0 Å². The van der Waals surface area contributed by atoms with Crippen LogP contribution in [-0.2, 0) is 14.9 Å². The van der Waals surface area contributed by atoms with Gasteiger partial charge in [0, 0.05) is 29.6 Å². The smallest absolute Gasteiger partial charge is 0.264 e. The second-order valence-electron chi connectivity index (χ2n) is 10.2. The minimum Gasteiger partial charge on any atom is -0.439 e. The summed E-state index contributed by atoms with van der Waals surface area (Å²) in [6, 6.07) is 34.1. The summed E-state index contributed by atoms with van der Waals surface area (Å²) in [6.07, 6.45) is 3.63. The van der Waals surface area contributed by atoms with Gasteiger partial charge in [0.1, 0.15) is 0 Å². The van der Waals surface area contributed by atoms with E-state index in [9.17, 15) is 17.8 Å². The Morgan fingerprint density at radius 2 is 1.45 bits per heavy atom. The van der Waals surface area contributed by atoms with Crippen LogP contribution < -0.4 is 14.5 Å². The van der Waals surface area contributed by atoms with Crippen molar-refractivity contribution in [2.75, 3.05) is 22.1 Å². The summed E-state index contributed by atoms with van der Waals surface area (Å²) in [5.41, 5.74) is 5.08. The highest BCUT2D eigenvalue weighted by atomic mass is 32.2. The predicted molar refractivity (Wildman–Crippen MR) is 171 cm³/mol. The first-order valence-electron chi connectivity index (χ1n) is 13.9. The molecule has 1 amide bonds. The summed E-state index contributed by atoms with van der Waals surface area (Å²) < 4.78 is 38.7. The molecule has 0 saturated carbocycles. The molecule has 1 N–H and O–H groups in total. The molecule has 0 aromatic heterocycles. The Morgan fingerprint density at radius 3 is 2.09 bits per heavy atom. The Hall–Kier alpha value is -5.43. The van der Waals surface area contributed by atoms with Crippen LogP contribution in [0.5, 0.6) is 5.75 Å². The molecule has 44 heavy (non-hydrogen) atoms. The summed E-state index contributed by atoms with van der Waals surface area (Å²) in [6.45, 7) is 8.11. The molecule has 0 saturated heterocycles. The SMILES string of the molecule is [C-]#[N+]C1=C(c2ccccc2)C(=C/C=C2\Oc3ccc(-c4ccccc4)cc3N2CCCS(=O)(=O)O)N(c2ccccc2)C1=O. The van der Waals surface area contributed by atoms with Crippen LogP contribution in [0.1, 0.15) is 12.0 Å². The maximum absolute atomic E-state index is 13.6. The van der Waals surface area contributed by atoms with E-state index in [1.165, 1.54) is 4.90 Å². The minimum atomic E-state index is -4.16. The molecule has 2 heterocycles. The Bertz CT molecular complexity index is 1960. The normalized spacial score (nSPS) is 16.4. The van der Waals surface area contributed by atoms with Gasteiger partial charge in [-0.3, -0.25) is 14.2 Å².